The molecular weight excluding hydrogens is 454 g/mol. The lowest BCUT2D eigenvalue weighted by Gasteiger charge is -2.22. The van der Waals surface area contributed by atoms with Crippen molar-refractivity contribution in [3.05, 3.63) is 47.8 Å². The summed E-state index contributed by atoms with van der Waals surface area (Å²) in [5.74, 6) is -0.664. The number of aromatic nitrogens is 2. The second-order valence-corrected chi connectivity index (χ2v) is 11.4. The predicted molar refractivity (Wildman–Crippen MR) is 127 cm³/mol. The number of nitrogens with one attached hydrogen (secondary N) is 1. The van der Waals surface area contributed by atoms with E-state index >= 15 is 0 Å². The molecule has 1 saturated carbocycles. The van der Waals surface area contributed by atoms with Gasteiger partial charge in [0.2, 0.25) is 21.8 Å². The van der Waals surface area contributed by atoms with E-state index in [0.717, 1.165) is 24.4 Å². The molecule has 10 heteroatoms. The molecule has 1 aromatic carbocycles. The van der Waals surface area contributed by atoms with Crippen molar-refractivity contribution in [1.82, 2.24) is 24.3 Å². The summed E-state index contributed by atoms with van der Waals surface area (Å²) in [5, 5.41) is 7.11. The first-order valence-corrected chi connectivity index (χ1v) is 13.1. The van der Waals surface area contributed by atoms with Crippen molar-refractivity contribution < 1.29 is 18.0 Å². The quantitative estimate of drug-likeness (QED) is 0.611. The van der Waals surface area contributed by atoms with Crippen LogP contribution in [-0.2, 0) is 32.7 Å². The van der Waals surface area contributed by atoms with Crippen molar-refractivity contribution in [2.75, 3.05) is 20.6 Å². The zero-order chi connectivity index (χ0) is 24.7. The molecule has 2 aliphatic rings. The lowest BCUT2D eigenvalue weighted by molar-refractivity contribution is -0.132. The summed E-state index contributed by atoms with van der Waals surface area (Å²) < 4.78 is 30.0. The van der Waals surface area contributed by atoms with Gasteiger partial charge in [0.25, 0.3) is 0 Å². The number of carbonyl (C=O) groups is 2. The number of likely N-dealkylation sites (N-methyl/N-ethyl adjacent to an activating group) is 1. The number of nitrogens with zero attached hydrogens (tertiary/aromatic N) is 4. The Hall–Kier alpha value is -2.72. The second kappa shape index (κ2) is 9.14. The third-order valence-corrected chi connectivity index (χ3v) is 8.87. The van der Waals surface area contributed by atoms with Gasteiger partial charge in [0.15, 0.2) is 0 Å². The van der Waals surface area contributed by atoms with Gasteiger partial charge in [0, 0.05) is 33.1 Å². The minimum Gasteiger partial charge on any atom is -0.358 e. The van der Waals surface area contributed by atoms with Crippen LogP contribution in [0.1, 0.15) is 37.6 Å². The highest BCUT2D eigenvalue weighted by atomic mass is 32.2. The number of hydrogen-bond acceptors (Lipinski definition) is 5. The lowest BCUT2D eigenvalue weighted by atomic mass is 9.99. The molecule has 2 amide bonds. The zero-order valence-electron chi connectivity index (χ0n) is 20.2. The summed E-state index contributed by atoms with van der Waals surface area (Å²) in [5.41, 5.74) is 1.38. The van der Waals surface area contributed by atoms with Crippen LogP contribution in [0.5, 0.6) is 0 Å². The first kappa shape index (κ1) is 24.4. The highest BCUT2D eigenvalue weighted by Gasteiger charge is 2.66. The Morgan fingerprint density at radius 3 is 2.59 bits per heavy atom. The van der Waals surface area contributed by atoms with Crippen LogP contribution < -0.4 is 5.32 Å². The van der Waals surface area contributed by atoms with Crippen molar-refractivity contribution in [2.24, 2.45) is 11.3 Å². The molecule has 184 valence electrons. The molecule has 0 unspecified atom stereocenters. The van der Waals surface area contributed by atoms with E-state index in [1.54, 1.807) is 30.1 Å². The van der Waals surface area contributed by atoms with Crippen LogP contribution in [0.4, 0.5) is 0 Å². The molecule has 1 N–H and O–H groups in total. The van der Waals surface area contributed by atoms with Crippen LogP contribution in [-0.4, -0.2) is 65.9 Å². The first-order chi connectivity index (χ1) is 16.1. The zero-order valence-corrected chi connectivity index (χ0v) is 21.0. The fraction of sp³-hybridized carbons (Fsp3) is 0.542. The third-order valence-electron chi connectivity index (χ3n) is 7.00. The molecule has 1 spiro atoms. The molecule has 3 atom stereocenters. The summed E-state index contributed by atoms with van der Waals surface area (Å²) in [6.07, 6.45) is 1.87. The molecule has 2 aromatic rings. The third kappa shape index (κ3) is 4.36. The van der Waals surface area contributed by atoms with E-state index < -0.39 is 21.5 Å². The topological polar surface area (TPSA) is 105 Å². The van der Waals surface area contributed by atoms with Crippen LogP contribution >= 0.6 is 0 Å². The van der Waals surface area contributed by atoms with Gasteiger partial charge in [0.1, 0.15) is 6.04 Å². The number of sulfonamides is 1. The van der Waals surface area contributed by atoms with Crippen LogP contribution in [0, 0.1) is 18.3 Å². The van der Waals surface area contributed by atoms with Gasteiger partial charge in [-0.25, -0.2) is 8.42 Å². The Labute approximate surface area is 201 Å². The van der Waals surface area contributed by atoms with E-state index in [0.29, 0.717) is 19.4 Å². The van der Waals surface area contributed by atoms with E-state index in [-0.39, 0.29) is 29.2 Å². The molecule has 1 aromatic heterocycles. The van der Waals surface area contributed by atoms with E-state index in [1.807, 2.05) is 17.7 Å². The fourth-order valence-electron chi connectivity index (χ4n) is 5.16. The summed E-state index contributed by atoms with van der Waals surface area (Å²) in [6, 6.07) is 9.31. The Morgan fingerprint density at radius 1 is 1.24 bits per heavy atom. The molecule has 2 fully saturated rings. The number of amides is 2. The number of aryl methyl sites for hydroxylation is 2. The maximum absolute atomic E-state index is 13.4. The highest BCUT2D eigenvalue weighted by molar-refractivity contribution is 7.89. The maximum Gasteiger partial charge on any atom is 0.243 e. The van der Waals surface area contributed by atoms with Crippen LogP contribution in [0.3, 0.4) is 0 Å². The second-order valence-electron chi connectivity index (χ2n) is 9.51. The van der Waals surface area contributed by atoms with Gasteiger partial charge < -0.3 is 10.2 Å². The predicted octanol–water partition coefficient (Wildman–Crippen LogP) is 1.78. The molecule has 1 aliphatic heterocycles. The Bertz CT molecular complexity index is 1180. The smallest absolute Gasteiger partial charge is 0.243 e. The Balaban J connectivity index is 1.52. The average molecular weight is 488 g/mol. The van der Waals surface area contributed by atoms with Crippen LogP contribution in [0.2, 0.25) is 0 Å². The molecule has 1 saturated heterocycles. The van der Waals surface area contributed by atoms with Gasteiger partial charge >= 0.3 is 0 Å². The summed E-state index contributed by atoms with van der Waals surface area (Å²) in [4.78, 5) is 27.8. The minimum atomic E-state index is -3.87. The number of rotatable bonds is 8. The van der Waals surface area contributed by atoms with Gasteiger partial charge in [-0.05, 0) is 49.8 Å². The van der Waals surface area contributed by atoms with Gasteiger partial charge in [-0.1, -0.05) is 25.1 Å². The van der Waals surface area contributed by atoms with Crippen molar-refractivity contribution in [1.29, 1.82) is 0 Å². The number of hydrogen-bond donors (Lipinski definition) is 1. The Kier molecular flexibility index (Phi) is 6.56. The molecule has 4 rings (SSSR count). The van der Waals surface area contributed by atoms with E-state index in [2.05, 4.69) is 17.3 Å². The summed E-state index contributed by atoms with van der Waals surface area (Å²) >= 11 is 0. The van der Waals surface area contributed by atoms with Gasteiger partial charge in [0.05, 0.1) is 22.8 Å². The van der Waals surface area contributed by atoms with E-state index in [9.17, 15) is 18.0 Å². The maximum atomic E-state index is 13.4. The van der Waals surface area contributed by atoms with Gasteiger partial charge in [-0.2, -0.15) is 9.40 Å². The van der Waals surface area contributed by atoms with Crippen molar-refractivity contribution in [3.63, 3.8) is 0 Å². The standard InChI is InChI=1S/C24H33N5O4S/c1-5-11-28-18(12-17(2)26-28)15-27(4)23(31)20-13-24(20)14-21(22(30)25-3)29(16-24)34(32,33)19-9-7-6-8-10-19/h6-10,12,20-21H,5,11,13-16H2,1-4H3,(H,25,30)/t20-,21+,24+/m1/s1. The molecular formula is C24H33N5O4S. The molecule has 34 heavy (non-hydrogen) atoms. The van der Waals surface area contributed by atoms with Gasteiger partial charge in [-0.15, -0.1) is 0 Å². The lowest BCUT2D eigenvalue weighted by Crippen LogP contribution is -2.44. The van der Waals surface area contributed by atoms with Crippen LogP contribution in [0.15, 0.2) is 41.3 Å². The average Bonchev–Trinajstić information content (AvgIpc) is 3.19. The van der Waals surface area contributed by atoms with Crippen molar-refractivity contribution in [2.45, 2.75) is 57.1 Å². The SMILES string of the molecule is CCCn1nc(C)cc1CN(C)C(=O)[C@H]1C[C@@]12C[C@@H](C(=O)NC)N(S(=O)(=O)c1ccccc1)C2. The van der Waals surface area contributed by atoms with E-state index in [4.69, 9.17) is 0 Å². The van der Waals surface area contributed by atoms with Crippen molar-refractivity contribution in [3.8, 4) is 0 Å². The van der Waals surface area contributed by atoms with Crippen LogP contribution in [0.25, 0.3) is 0 Å². The molecule has 2 heterocycles. The highest BCUT2D eigenvalue weighted by Crippen LogP contribution is 2.61. The number of carbonyl (C=O) groups excluding carboxylic acids is 2. The summed E-state index contributed by atoms with van der Waals surface area (Å²) in [7, 11) is -0.585. The molecule has 0 radical (unpaired) electrons. The normalized spacial score (nSPS) is 24.4. The molecule has 9 nitrogen and oxygen atoms in total. The summed E-state index contributed by atoms with van der Waals surface area (Å²) in [6.45, 7) is 5.42. The minimum absolute atomic E-state index is 0.0171. The van der Waals surface area contributed by atoms with Gasteiger partial charge in [-0.3, -0.25) is 14.3 Å². The number of benzene rings is 1. The Morgan fingerprint density at radius 2 is 1.94 bits per heavy atom. The van der Waals surface area contributed by atoms with E-state index in [1.165, 1.54) is 23.5 Å². The largest absolute Gasteiger partial charge is 0.358 e. The van der Waals surface area contributed by atoms with Crippen molar-refractivity contribution >= 4 is 21.8 Å². The fourth-order valence-corrected chi connectivity index (χ4v) is 6.86. The monoisotopic (exact) mass is 487 g/mol. The molecule has 0 bridgehead atoms. The first-order valence-electron chi connectivity index (χ1n) is 11.7. The molecule has 1 aliphatic carbocycles.